The summed E-state index contributed by atoms with van der Waals surface area (Å²) in [6.45, 7) is 1.12. The zero-order valence-corrected chi connectivity index (χ0v) is 8.19. The van der Waals surface area contributed by atoms with Crippen LogP contribution in [0, 0.1) is 15.9 Å². The van der Waals surface area contributed by atoms with Gasteiger partial charge in [0.25, 0.3) is 5.91 Å². The minimum Gasteiger partial charge on any atom is -0.293 e. The number of hydrogen-bond donors (Lipinski definition) is 1. The molecule has 0 aromatic heterocycles. The van der Waals surface area contributed by atoms with Crippen molar-refractivity contribution in [1.29, 1.82) is 0 Å². The number of benzene rings is 1. The molecule has 0 aliphatic heterocycles. The lowest BCUT2D eigenvalue weighted by Crippen LogP contribution is -2.27. The summed E-state index contributed by atoms with van der Waals surface area (Å²) in [4.78, 5) is 31.3. The van der Waals surface area contributed by atoms with Gasteiger partial charge in [0.15, 0.2) is 0 Å². The highest BCUT2D eigenvalue weighted by Crippen LogP contribution is 2.18. The highest BCUT2D eigenvalue weighted by molar-refractivity contribution is 6.04. The third-order valence-electron chi connectivity index (χ3n) is 1.69. The molecule has 0 saturated heterocycles. The second-order valence-electron chi connectivity index (χ2n) is 2.93. The summed E-state index contributed by atoms with van der Waals surface area (Å²) in [6.07, 6.45) is 0. The van der Waals surface area contributed by atoms with Crippen LogP contribution in [0.5, 0.6) is 0 Å². The maximum atomic E-state index is 12.9. The van der Waals surface area contributed by atoms with Gasteiger partial charge in [0.1, 0.15) is 0 Å². The van der Waals surface area contributed by atoms with Crippen LogP contribution in [-0.4, -0.2) is 16.7 Å². The molecule has 1 N–H and O–H groups in total. The Morgan fingerprint density at radius 3 is 2.56 bits per heavy atom. The van der Waals surface area contributed by atoms with Crippen LogP contribution in [0.3, 0.4) is 0 Å². The van der Waals surface area contributed by atoms with Crippen molar-refractivity contribution < 1.29 is 18.9 Å². The molecule has 6 nitrogen and oxygen atoms in total. The highest BCUT2D eigenvalue weighted by atomic mass is 19.1. The van der Waals surface area contributed by atoms with Gasteiger partial charge >= 0.3 is 5.69 Å². The minimum absolute atomic E-state index is 0.150. The molecule has 0 aliphatic rings. The van der Waals surface area contributed by atoms with Crippen LogP contribution in [0.1, 0.15) is 17.3 Å². The zero-order valence-electron chi connectivity index (χ0n) is 8.19. The van der Waals surface area contributed by atoms with Gasteiger partial charge in [-0.05, 0) is 12.1 Å². The van der Waals surface area contributed by atoms with Gasteiger partial charge in [-0.15, -0.1) is 0 Å². The number of amides is 2. The summed E-state index contributed by atoms with van der Waals surface area (Å²) in [5.74, 6) is -2.45. The molecule has 0 aliphatic carbocycles. The molecule has 0 fully saturated rings. The zero-order chi connectivity index (χ0) is 12.3. The van der Waals surface area contributed by atoms with E-state index in [0.29, 0.717) is 0 Å². The summed E-state index contributed by atoms with van der Waals surface area (Å²) in [5.41, 5.74) is -0.959. The van der Waals surface area contributed by atoms with E-state index in [4.69, 9.17) is 0 Å². The molecular formula is C9H7FN2O4. The Morgan fingerprint density at radius 2 is 2.06 bits per heavy atom. The first kappa shape index (κ1) is 11.8. The maximum absolute atomic E-state index is 12.9. The Labute approximate surface area is 89.2 Å². The molecule has 7 heteroatoms. The Morgan fingerprint density at radius 1 is 1.44 bits per heavy atom. The second-order valence-corrected chi connectivity index (χ2v) is 2.93. The van der Waals surface area contributed by atoms with Crippen molar-refractivity contribution in [2.75, 3.05) is 0 Å². The molecule has 1 aromatic rings. The molecule has 0 saturated carbocycles. The average molecular weight is 226 g/mol. The molecule has 16 heavy (non-hydrogen) atoms. The molecule has 0 atom stereocenters. The van der Waals surface area contributed by atoms with Crippen molar-refractivity contribution in [3.63, 3.8) is 0 Å². The number of imide groups is 1. The van der Waals surface area contributed by atoms with E-state index in [9.17, 15) is 24.1 Å². The fourth-order valence-corrected chi connectivity index (χ4v) is 1.03. The molecule has 2 amide bonds. The van der Waals surface area contributed by atoms with Crippen molar-refractivity contribution in [2.45, 2.75) is 6.92 Å². The van der Waals surface area contributed by atoms with Gasteiger partial charge in [0, 0.05) is 18.6 Å². The largest absolute Gasteiger partial charge is 0.305 e. The van der Waals surface area contributed by atoms with Crippen molar-refractivity contribution in [3.05, 3.63) is 39.7 Å². The molecular weight excluding hydrogens is 219 g/mol. The average Bonchev–Trinajstić information content (AvgIpc) is 2.16. The van der Waals surface area contributed by atoms with Crippen LogP contribution in [-0.2, 0) is 4.79 Å². The molecule has 84 valence electrons. The van der Waals surface area contributed by atoms with Crippen LogP contribution in [0.25, 0.3) is 0 Å². The third-order valence-corrected chi connectivity index (χ3v) is 1.69. The van der Waals surface area contributed by atoms with Gasteiger partial charge in [-0.2, -0.15) is 4.39 Å². The predicted molar refractivity (Wildman–Crippen MR) is 51.2 cm³/mol. The van der Waals surface area contributed by atoms with Crippen LogP contribution < -0.4 is 5.32 Å². The van der Waals surface area contributed by atoms with E-state index < -0.39 is 28.2 Å². The molecule has 0 bridgehead atoms. The van der Waals surface area contributed by atoms with Crippen LogP contribution >= 0.6 is 0 Å². The summed E-state index contributed by atoms with van der Waals surface area (Å²) in [6, 6.07) is 2.63. The first-order chi connectivity index (χ1) is 7.41. The van der Waals surface area contributed by atoms with Gasteiger partial charge in [-0.25, -0.2) is 0 Å². The molecule has 0 spiro atoms. The normalized spacial score (nSPS) is 9.62. The lowest BCUT2D eigenvalue weighted by Gasteiger charge is -2.01. The van der Waals surface area contributed by atoms with Crippen molar-refractivity contribution in [1.82, 2.24) is 5.32 Å². The first-order valence-corrected chi connectivity index (χ1v) is 4.17. The molecule has 1 aromatic carbocycles. The topological polar surface area (TPSA) is 89.3 Å². The van der Waals surface area contributed by atoms with E-state index in [-0.39, 0.29) is 5.56 Å². The Bertz CT molecular complexity index is 473. The lowest BCUT2D eigenvalue weighted by molar-refractivity contribution is -0.387. The molecule has 0 unspecified atom stereocenters. The van der Waals surface area contributed by atoms with Crippen molar-refractivity contribution >= 4 is 17.5 Å². The van der Waals surface area contributed by atoms with Crippen LogP contribution in [0.2, 0.25) is 0 Å². The quantitative estimate of drug-likeness (QED) is 0.601. The van der Waals surface area contributed by atoms with E-state index in [1.54, 1.807) is 0 Å². The number of hydrogen-bond acceptors (Lipinski definition) is 4. The molecule has 0 heterocycles. The number of nitro groups is 1. The van der Waals surface area contributed by atoms with Gasteiger partial charge in [0.2, 0.25) is 11.7 Å². The summed E-state index contributed by atoms with van der Waals surface area (Å²) in [5, 5.41) is 12.3. The lowest BCUT2D eigenvalue weighted by atomic mass is 10.2. The summed E-state index contributed by atoms with van der Waals surface area (Å²) >= 11 is 0. The van der Waals surface area contributed by atoms with E-state index in [1.807, 2.05) is 5.32 Å². The van der Waals surface area contributed by atoms with Gasteiger partial charge < -0.3 is 0 Å². The molecule has 0 radical (unpaired) electrons. The fraction of sp³-hybridized carbons (Fsp3) is 0.111. The standard InChI is InChI=1S/C9H7FN2O4/c1-5(13)11-9(14)6-2-3-7(10)8(4-6)12(15)16/h2-4H,1H3,(H,11,13,14). The first-order valence-electron chi connectivity index (χ1n) is 4.17. The minimum atomic E-state index is -1.04. The van der Waals surface area contributed by atoms with Gasteiger partial charge in [0.05, 0.1) is 4.92 Å². The predicted octanol–water partition coefficient (Wildman–Crippen LogP) is 1.01. The summed E-state index contributed by atoms with van der Waals surface area (Å²) in [7, 11) is 0. The highest BCUT2D eigenvalue weighted by Gasteiger charge is 2.17. The summed E-state index contributed by atoms with van der Waals surface area (Å²) < 4.78 is 12.9. The van der Waals surface area contributed by atoms with Crippen molar-refractivity contribution in [2.24, 2.45) is 0 Å². The Hall–Kier alpha value is -2.31. The number of nitrogens with one attached hydrogen (secondary N) is 1. The number of carbonyl (C=O) groups excluding carboxylic acids is 2. The van der Waals surface area contributed by atoms with Gasteiger partial charge in [-0.3, -0.25) is 25.0 Å². The third kappa shape index (κ3) is 2.59. The maximum Gasteiger partial charge on any atom is 0.305 e. The Kier molecular flexibility index (Phi) is 3.29. The van der Waals surface area contributed by atoms with E-state index in [2.05, 4.69) is 0 Å². The number of nitro benzene ring substituents is 1. The smallest absolute Gasteiger partial charge is 0.293 e. The van der Waals surface area contributed by atoms with E-state index >= 15 is 0 Å². The number of halogens is 1. The monoisotopic (exact) mass is 226 g/mol. The second kappa shape index (κ2) is 4.47. The fourth-order valence-electron chi connectivity index (χ4n) is 1.03. The van der Waals surface area contributed by atoms with Crippen molar-refractivity contribution in [3.8, 4) is 0 Å². The Balaban J connectivity index is 3.08. The van der Waals surface area contributed by atoms with E-state index in [1.165, 1.54) is 0 Å². The number of nitrogens with zero attached hydrogens (tertiary/aromatic N) is 1. The van der Waals surface area contributed by atoms with Gasteiger partial charge in [-0.1, -0.05) is 0 Å². The van der Waals surface area contributed by atoms with E-state index in [0.717, 1.165) is 25.1 Å². The van der Waals surface area contributed by atoms with Crippen LogP contribution in [0.4, 0.5) is 10.1 Å². The molecule has 1 rings (SSSR count). The number of rotatable bonds is 2. The number of carbonyl (C=O) groups is 2. The van der Waals surface area contributed by atoms with Crippen LogP contribution in [0.15, 0.2) is 18.2 Å². The SMILES string of the molecule is CC(=O)NC(=O)c1ccc(F)c([N+](=O)[O-])c1.